The molecule has 0 unspecified atom stereocenters. The van der Waals surface area contributed by atoms with Crippen LogP contribution in [0, 0.1) is 6.92 Å². The van der Waals surface area contributed by atoms with E-state index in [9.17, 15) is 0 Å². The van der Waals surface area contributed by atoms with Gasteiger partial charge in [0, 0.05) is 10.5 Å². The monoisotopic (exact) mass is 342 g/mol. The van der Waals surface area contributed by atoms with Crippen molar-refractivity contribution in [3.8, 4) is 11.6 Å². The van der Waals surface area contributed by atoms with Gasteiger partial charge in [-0.15, -0.1) is 0 Å². The summed E-state index contributed by atoms with van der Waals surface area (Å²) >= 11 is 6.70. The number of rotatable bonds is 2. The van der Waals surface area contributed by atoms with E-state index in [1.54, 1.807) is 6.07 Å². The molecule has 0 spiro atoms. The van der Waals surface area contributed by atoms with E-state index in [1.165, 1.54) is 6.33 Å². The van der Waals surface area contributed by atoms with Gasteiger partial charge in [0.25, 0.3) is 0 Å². The Balaban J connectivity index is 2.24. The van der Waals surface area contributed by atoms with Crippen LogP contribution < -0.4 is 4.74 Å². The Morgan fingerprint density at radius 3 is 2.62 bits per heavy atom. The molecule has 0 bridgehead atoms. The number of nitrogens with zero attached hydrogens (tertiary/aromatic N) is 2. The zero-order valence-electron chi connectivity index (χ0n) is 8.45. The van der Waals surface area contributed by atoms with Crippen LogP contribution in [-0.2, 0) is 0 Å². The van der Waals surface area contributed by atoms with Crippen LogP contribution in [0.3, 0.4) is 0 Å². The van der Waals surface area contributed by atoms with Crippen LogP contribution in [0.4, 0.5) is 0 Å². The first-order valence-corrected chi connectivity index (χ1v) is 6.15. The molecule has 82 valence electrons. The number of benzene rings is 1. The molecule has 0 radical (unpaired) electrons. The number of hydrogen-bond donors (Lipinski definition) is 0. The molecule has 0 atom stereocenters. The molecule has 16 heavy (non-hydrogen) atoms. The average molecular weight is 344 g/mol. The molecule has 1 aromatic heterocycles. The summed E-state index contributed by atoms with van der Waals surface area (Å²) in [6, 6.07) is 7.49. The molecule has 0 saturated carbocycles. The van der Waals surface area contributed by atoms with E-state index >= 15 is 0 Å². The Morgan fingerprint density at radius 2 is 1.94 bits per heavy atom. The normalized spacial score (nSPS) is 10.2. The molecule has 3 nitrogen and oxygen atoms in total. The fourth-order valence-corrected chi connectivity index (χ4v) is 1.71. The molecule has 0 aliphatic heterocycles. The smallest absolute Gasteiger partial charge is 0.223 e. The van der Waals surface area contributed by atoms with Crippen molar-refractivity contribution in [2.24, 2.45) is 0 Å². The van der Waals surface area contributed by atoms with E-state index in [-0.39, 0.29) is 0 Å². The standard InChI is InChI=1S/C11H8Br2N2O/c1-7-4-8(2-3-9(7)12)16-11-5-10(13)14-6-15-11/h2-6H,1H3. The first kappa shape index (κ1) is 11.5. The highest BCUT2D eigenvalue weighted by molar-refractivity contribution is 9.10. The van der Waals surface area contributed by atoms with Crippen molar-refractivity contribution in [3.63, 3.8) is 0 Å². The van der Waals surface area contributed by atoms with E-state index in [2.05, 4.69) is 41.8 Å². The van der Waals surface area contributed by atoms with Gasteiger partial charge in [0.1, 0.15) is 16.7 Å². The maximum Gasteiger partial charge on any atom is 0.223 e. The van der Waals surface area contributed by atoms with E-state index in [1.807, 2.05) is 25.1 Å². The number of halogens is 2. The SMILES string of the molecule is Cc1cc(Oc2cc(Br)ncn2)ccc1Br. The van der Waals surface area contributed by atoms with Crippen LogP contribution >= 0.6 is 31.9 Å². The fourth-order valence-electron chi connectivity index (χ4n) is 1.17. The highest BCUT2D eigenvalue weighted by Gasteiger charge is 2.02. The topological polar surface area (TPSA) is 35.0 Å². The average Bonchev–Trinajstić information content (AvgIpc) is 2.24. The minimum Gasteiger partial charge on any atom is -0.439 e. The Morgan fingerprint density at radius 1 is 1.12 bits per heavy atom. The van der Waals surface area contributed by atoms with Gasteiger partial charge in [-0.2, -0.15) is 0 Å². The van der Waals surface area contributed by atoms with Crippen molar-refractivity contribution in [2.45, 2.75) is 6.92 Å². The van der Waals surface area contributed by atoms with Crippen molar-refractivity contribution in [2.75, 3.05) is 0 Å². The van der Waals surface area contributed by atoms with Crippen LogP contribution in [0.15, 0.2) is 39.7 Å². The van der Waals surface area contributed by atoms with E-state index < -0.39 is 0 Å². The summed E-state index contributed by atoms with van der Waals surface area (Å²) in [4.78, 5) is 7.94. The molecule has 0 aliphatic carbocycles. The van der Waals surface area contributed by atoms with Gasteiger partial charge >= 0.3 is 0 Å². The lowest BCUT2D eigenvalue weighted by atomic mass is 10.2. The Labute approximate surface area is 110 Å². The van der Waals surface area contributed by atoms with Crippen LogP contribution in [0.25, 0.3) is 0 Å². The van der Waals surface area contributed by atoms with E-state index in [0.29, 0.717) is 10.5 Å². The summed E-state index contributed by atoms with van der Waals surface area (Å²) in [5.41, 5.74) is 1.12. The molecule has 5 heteroatoms. The highest BCUT2D eigenvalue weighted by Crippen LogP contribution is 2.25. The fraction of sp³-hybridized carbons (Fsp3) is 0.0909. The predicted molar refractivity (Wildman–Crippen MR) is 68.7 cm³/mol. The minimum atomic E-state index is 0.517. The Bertz CT molecular complexity index is 517. The van der Waals surface area contributed by atoms with Gasteiger partial charge in [-0.3, -0.25) is 0 Å². The zero-order chi connectivity index (χ0) is 11.5. The van der Waals surface area contributed by atoms with Gasteiger partial charge in [0.2, 0.25) is 5.88 Å². The van der Waals surface area contributed by atoms with Crippen molar-refractivity contribution >= 4 is 31.9 Å². The largest absolute Gasteiger partial charge is 0.439 e. The lowest BCUT2D eigenvalue weighted by Crippen LogP contribution is -1.89. The molecule has 0 N–H and O–H groups in total. The van der Waals surface area contributed by atoms with Gasteiger partial charge in [-0.25, -0.2) is 9.97 Å². The van der Waals surface area contributed by atoms with Crippen LogP contribution in [0.2, 0.25) is 0 Å². The third-order valence-electron chi connectivity index (χ3n) is 1.96. The maximum atomic E-state index is 5.59. The second-order valence-corrected chi connectivity index (χ2v) is 4.86. The summed E-state index contributed by atoms with van der Waals surface area (Å²) in [5, 5.41) is 0. The van der Waals surface area contributed by atoms with Crippen LogP contribution in [0.1, 0.15) is 5.56 Å². The molecule has 2 rings (SSSR count). The summed E-state index contributed by atoms with van der Waals surface area (Å²) in [6.07, 6.45) is 1.45. The molecule has 0 amide bonds. The van der Waals surface area contributed by atoms with Crippen molar-refractivity contribution in [3.05, 3.63) is 45.2 Å². The van der Waals surface area contributed by atoms with E-state index in [0.717, 1.165) is 15.8 Å². The lowest BCUT2D eigenvalue weighted by Gasteiger charge is -2.06. The van der Waals surface area contributed by atoms with Crippen molar-refractivity contribution in [1.29, 1.82) is 0 Å². The van der Waals surface area contributed by atoms with Crippen LogP contribution in [-0.4, -0.2) is 9.97 Å². The summed E-state index contributed by atoms with van der Waals surface area (Å²) in [5.74, 6) is 1.27. The van der Waals surface area contributed by atoms with Gasteiger partial charge in [-0.05, 0) is 46.6 Å². The Kier molecular flexibility index (Phi) is 3.56. The van der Waals surface area contributed by atoms with E-state index in [4.69, 9.17) is 4.74 Å². The molecule has 0 aliphatic rings. The molecule has 1 heterocycles. The minimum absolute atomic E-state index is 0.517. The number of hydrogen-bond acceptors (Lipinski definition) is 3. The summed E-state index contributed by atoms with van der Waals surface area (Å²) in [7, 11) is 0. The Hall–Kier alpha value is -0.940. The number of aryl methyl sites for hydroxylation is 1. The maximum absolute atomic E-state index is 5.59. The molecule has 2 aromatic rings. The third-order valence-corrected chi connectivity index (χ3v) is 3.28. The number of ether oxygens (including phenoxy) is 1. The zero-order valence-corrected chi connectivity index (χ0v) is 11.6. The van der Waals surface area contributed by atoms with Crippen molar-refractivity contribution < 1.29 is 4.74 Å². The molecular weight excluding hydrogens is 336 g/mol. The van der Waals surface area contributed by atoms with Gasteiger partial charge < -0.3 is 4.74 Å². The lowest BCUT2D eigenvalue weighted by molar-refractivity contribution is 0.460. The van der Waals surface area contributed by atoms with Crippen LogP contribution in [0.5, 0.6) is 11.6 Å². The van der Waals surface area contributed by atoms with Gasteiger partial charge in [0.15, 0.2) is 0 Å². The molecule has 0 fully saturated rings. The summed E-state index contributed by atoms with van der Waals surface area (Å²) < 4.78 is 7.35. The highest BCUT2D eigenvalue weighted by atomic mass is 79.9. The number of aromatic nitrogens is 2. The molecule has 1 aromatic carbocycles. The van der Waals surface area contributed by atoms with Crippen molar-refractivity contribution in [1.82, 2.24) is 9.97 Å². The third kappa shape index (κ3) is 2.80. The molecular formula is C11H8Br2N2O. The van der Waals surface area contributed by atoms with Gasteiger partial charge in [-0.1, -0.05) is 15.9 Å². The first-order chi connectivity index (χ1) is 7.65. The first-order valence-electron chi connectivity index (χ1n) is 4.57. The van der Waals surface area contributed by atoms with Gasteiger partial charge in [0.05, 0.1) is 0 Å². The second-order valence-electron chi connectivity index (χ2n) is 3.19. The quantitative estimate of drug-likeness (QED) is 0.770. The molecule has 0 saturated heterocycles. The second kappa shape index (κ2) is 4.93. The summed E-state index contributed by atoms with van der Waals surface area (Å²) in [6.45, 7) is 2.01. The predicted octanol–water partition coefficient (Wildman–Crippen LogP) is 4.10.